The van der Waals surface area contributed by atoms with Crippen molar-refractivity contribution in [3.63, 3.8) is 0 Å². The fourth-order valence-electron chi connectivity index (χ4n) is 2.45. The number of nitrogens with zero attached hydrogens (tertiary/aromatic N) is 4. The topological polar surface area (TPSA) is 96.3 Å². The Morgan fingerprint density at radius 3 is 1.56 bits per heavy atom. The Morgan fingerprint density at radius 2 is 1.11 bits per heavy atom. The van der Waals surface area contributed by atoms with Crippen LogP contribution in [0.3, 0.4) is 0 Å². The predicted molar refractivity (Wildman–Crippen MR) is 96.2 cm³/mol. The maximum absolute atomic E-state index is 5.66. The maximum atomic E-state index is 5.66. The first-order valence-electron chi connectivity index (χ1n) is 8.32. The molecule has 0 atom stereocenters. The molecule has 2 aromatic heterocycles. The van der Waals surface area contributed by atoms with E-state index in [1.807, 2.05) is 55.5 Å². The van der Waals surface area contributed by atoms with Gasteiger partial charge in [0.15, 0.2) is 0 Å². The SMILES string of the molecule is CCOc1ccc(-c2nnc(-c3nnc(-c4ccc(OC)cc4)o3)o2)cc1. The monoisotopic (exact) mass is 364 g/mol. The second-order valence-corrected chi connectivity index (χ2v) is 5.51. The highest BCUT2D eigenvalue weighted by Crippen LogP contribution is 2.27. The quantitative estimate of drug-likeness (QED) is 0.509. The van der Waals surface area contributed by atoms with Crippen LogP contribution in [0, 0.1) is 0 Å². The number of rotatable bonds is 6. The third kappa shape index (κ3) is 3.50. The van der Waals surface area contributed by atoms with E-state index in [0.717, 1.165) is 22.6 Å². The van der Waals surface area contributed by atoms with E-state index >= 15 is 0 Å². The molecule has 0 N–H and O–H groups in total. The van der Waals surface area contributed by atoms with Gasteiger partial charge in [0.25, 0.3) is 0 Å². The van der Waals surface area contributed by atoms with Gasteiger partial charge in [-0.1, -0.05) is 0 Å². The summed E-state index contributed by atoms with van der Waals surface area (Å²) >= 11 is 0. The van der Waals surface area contributed by atoms with Gasteiger partial charge in [0, 0.05) is 11.1 Å². The van der Waals surface area contributed by atoms with E-state index in [4.69, 9.17) is 18.3 Å². The molecule has 8 nitrogen and oxygen atoms in total. The summed E-state index contributed by atoms with van der Waals surface area (Å²) < 4.78 is 21.9. The number of benzene rings is 2. The number of hydrogen-bond acceptors (Lipinski definition) is 8. The van der Waals surface area contributed by atoms with Crippen LogP contribution >= 0.6 is 0 Å². The Kier molecular flexibility index (Phi) is 4.52. The molecule has 0 fully saturated rings. The predicted octanol–water partition coefficient (Wildman–Crippen LogP) is 3.86. The minimum absolute atomic E-state index is 0.158. The van der Waals surface area contributed by atoms with Gasteiger partial charge in [-0.2, -0.15) is 0 Å². The Hall–Kier alpha value is -3.68. The molecule has 0 radical (unpaired) electrons. The summed E-state index contributed by atoms with van der Waals surface area (Å²) in [4.78, 5) is 0. The standard InChI is InChI=1S/C19H16N4O4/c1-3-25-15-10-6-13(7-11-15)17-21-23-19(27-17)18-22-20-16(26-18)12-4-8-14(24-2)9-5-12/h4-11H,3H2,1-2H3. The minimum atomic E-state index is 0.158. The zero-order valence-electron chi connectivity index (χ0n) is 14.7. The molecule has 0 saturated heterocycles. The molecule has 0 bridgehead atoms. The van der Waals surface area contributed by atoms with Gasteiger partial charge in [0.1, 0.15) is 11.5 Å². The van der Waals surface area contributed by atoms with Gasteiger partial charge in [0.05, 0.1) is 13.7 Å². The van der Waals surface area contributed by atoms with E-state index < -0.39 is 0 Å². The molecule has 4 aromatic rings. The summed E-state index contributed by atoms with van der Waals surface area (Å²) in [6, 6.07) is 14.7. The molecule has 2 aromatic carbocycles. The molecule has 8 heteroatoms. The largest absolute Gasteiger partial charge is 0.497 e. The normalized spacial score (nSPS) is 10.7. The number of aromatic nitrogens is 4. The molecule has 0 aliphatic rings. The van der Waals surface area contributed by atoms with Gasteiger partial charge in [0.2, 0.25) is 11.8 Å². The average Bonchev–Trinajstić information content (AvgIpc) is 3.39. The molecule has 2 heterocycles. The van der Waals surface area contributed by atoms with Gasteiger partial charge in [-0.25, -0.2) is 0 Å². The van der Waals surface area contributed by atoms with Crippen molar-refractivity contribution < 1.29 is 18.3 Å². The molecule has 0 amide bonds. The summed E-state index contributed by atoms with van der Waals surface area (Å²) in [6.07, 6.45) is 0. The summed E-state index contributed by atoms with van der Waals surface area (Å²) in [5.41, 5.74) is 1.54. The van der Waals surface area contributed by atoms with Crippen LogP contribution in [0.25, 0.3) is 34.7 Å². The van der Waals surface area contributed by atoms with Crippen LogP contribution in [-0.4, -0.2) is 34.1 Å². The van der Waals surface area contributed by atoms with Crippen LogP contribution < -0.4 is 9.47 Å². The third-order valence-electron chi connectivity index (χ3n) is 3.78. The molecular formula is C19H16N4O4. The van der Waals surface area contributed by atoms with E-state index in [2.05, 4.69) is 20.4 Å². The van der Waals surface area contributed by atoms with E-state index in [9.17, 15) is 0 Å². The Bertz CT molecular complexity index is 1020. The molecule has 0 spiro atoms. The fraction of sp³-hybridized carbons (Fsp3) is 0.158. The Morgan fingerprint density at radius 1 is 0.667 bits per heavy atom. The molecule has 4 rings (SSSR count). The maximum Gasteiger partial charge on any atom is 0.306 e. The van der Waals surface area contributed by atoms with Crippen molar-refractivity contribution in [1.29, 1.82) is 0 Å². The Balaban J connectivity index is 1.55. The van der Waals surface area contributed by atoms with Crippen LogP contribution in [0.1, 0.15) is 6.92 Å². The van der Waals surface area contributed by atoms with Crippen LogP contribution in [0.2, 0.25) is 0 Å². The van der Waals surface area contributed by atoms with Gasteiger partial charge >= 0.3 is 11.8 Å². The summed E-state index contributed by atoms with van der Waals surface area (Å²) in [6.45, 7) is 2.54. The zero-order chi connectivity index (χ0) is 18.6. The van der Waals surface area contributed by atoms with E-state index in [-0.39, 0.29) is 11.8 Å². The molecule has 27 heavy (non-hydrogen) atoms. The van der Waals surface area contributed by atoms with E-state index in [0.29, 0.717) is 18.4 Å². The first-order chi connectivity index (χ1) is 13.3. The van der Waals surface area contributed by atoms with Crippen molar-refractivity contribution in [3.8, 4) is 46.2 Å². The van der Waals surface area contributed by atoms with Crippen LogP contribution in [0.5, 0.6) is 11.5 Å². The van der Waals surface area contributed by atoms with Crippen molar-refractivity contribution in [2.75, 3.05) is 13.7 Å². The molecule has 0 unspecified atom stereocenters. The third-order valence-corrected chi connectivity index (χ3v) is 3.78. The van der Waals surface area contributed by atoms with Crippen LogP contribution in [0.15, 0.2) is 57.4 Å². The molecular weight excluding hydrogens is 348 g/mol. The van der Waals surface area contributed by atoms with Gasteiger partial charge in [-0.15, -0.1) is 20.4 Å². The number of ether oxygens (including phenoxy) is 2. The smallest absolute Gasteiger partial charge is 0.306 e. The van der Waals surface area contributed by atoms with Gasteiger partial charge < -0.3 is 18.3 Å². The highest BCUT2D eigenvalue weighted by molar-refractivity contribution is 5.57. The lowest BCUT2D eigenvalue weighted by Crippen LogP contribution is -1.90. The first kappa shape index (κ1) is 16.8. The average molecular weight is 364 g/mol. The van der Waals surface area contributed by atoms with Crippen LogP contribution in [-0.2, 0) is 0 Å². The first-order valence-corrected chi connectivity index (χ1v) is 8.32. The van der Waals surface area contributed by atoms with E-state index in [1.54, 1.807) is 7.11 Å². The van der Waals surface area contributed by atoms with E-state index in [1.165, 1.54) is 0 Å². The second-order valence-electron chi connectivity index (χ2n) is 5.51. The summed E-state index contributed by atoms with van der Waals surface area (Å²) in [5, 5.41) is 16.1. The van der Waals surface area contributed by atoms with Crippen molar-refractivity contribution in [2.45, 2.75) is 6.92 Å². The van der Waals surface area contributed by atoms with Gasteiger partial charge in [-0.3, -0.25) is 0 Å². The van der Waals surface area contributed by atoms with Gasteiger partial charge in [-0.05, 0) is 55.5 Å². The van der Waals surface area contributed by atoms with Crippen LogP contribution in [0.4, 0.5) is 0 Å². The van der Waals surface area contributed by atoms with Crippen molar-refractivity contribution in [3.05, 3.63) is 48.5 Å². The lowest BCUT2D eigenvalue weighted by molar-refractivity contribution is 0.340. The van der Waals surface area contributed by atoms with Crippen molar-refractivity contribution >= 4 is 0 Å². The van der Waals surface area contributed by atoms with Crippen molar-refractivity contribution in [1.82, 2.24) is 20.4 Å². The lowest BCUT2D eigenvalue weighted by atomic mass is 10.2. The fourth-order valence-corrected chi connectivity index (χ4v) is 2.45. The second kappa shape index (κ2) is 7.28. The zero-order valence-corrected chi connectivity index (χ0v) is 14.7. The Labute approximate surface area is 154 Å². The molecule has 0 aliphatic heterocycles. The summed E-state index contributed by atoms with van der Waals surface area (Å²) in [7, 11) is 1.61. The minimum Gasteiger partial charge on any atom is -0.497 e. The highest BCUT2D eigenvalue weighted by Gasteiger charge is 2.17. The summed E-state index contributed by atoms with van der Waals surface area (Å²) in [5.74, 6) is 2.56. The molecule has 0 aliphatic carbocycles. The molecule has 0 saturated carbocycles. The number of hydrogen-bond donors (Lipinski definition) is 0. The lowest BCUT2D eigenvalue weighted by Gasteiger charge is -2.02. The number of methoxy groups -OCH3 is 1. The molecule has 136 valence electrons. The highest BCUT2D eigenvalue weighted by atomic mass is 16.5. The van der Waals surface area contributed by atoms with Crippen molar-refractivity contribution in [2.24, 2.45) is 0 Å².